The zero-order valence-corrected chi connectivity index (χ0v) is 9.06. The van der Waals surface area contributed by atoms with Crippen molar-refractivity contribution in [3.63, 3.8) is 0 Å². The lowest BCUT2D eigenvalue weighted by Gasteiger charge is -2.04. The molecule has 1 rings (SSSR count). The molecule has 1 aromatic carbocycles. The zero-order chi connectivity index (χ0) is 8.43. The first-order chi connectivity index (χ1) is 5.13. The molecular weight excluding hydrogens is 329 g/mol. The number of alkyl halides is 2. The van der Waals surface area contributed by atoms with E-state index in [0.717, 1.165) is 0 Å². The third-order valence-electron chi connectivity index (χ3n) is 1.22. The molecule has 0 heterocycles. The lowest BCUT2D eigenvalue weighted by molar-refractivity contribution is 0.149. The third kappa shape index (κ3) is 2.11. The van der Waals surface area contributed by atoms with E-state index in [2.05, 4.69) is 15.9 Å². The van der Waals surface area contributed by atoms with Crippen molar-refractivity contribution >= 4 is 38.5 Å². The Morgan fingerprint density at radius 2 is 2.00 bits per heavy atom. The number of hydrogen-bond donors (Lipinski definition) is 0. The van der Waals surface area contributed by atoms with Gasteiger partial charge >= 0.3 is 0 Å². The summed E-state index contributed by atoms with van der Waals surface area (Å²) in [5.74, 6) is 0. The molecule has 0 aromatic heterocycles. The molecule has 0 amide bonds. The van der Waals surface area contributed by atoms with Gasteiger partial charge in [-0.3, -0.25) is 0 Å². The Morgan fingerprint density at radius 1 is 1.36 bits per heavy atom. The summed E-state index contributed by atoms with van der Waals surface area (Å²) in [7, 11) is 0. The van der Waals surface area contributed by atoms with Crippen molar-refractivity contribution in [1.29, 1.82) is 0 Å². The first kappa shape index (κ1) is 9.38. The van der Waals surface area contributed by atoms with Crippen LogP contribution in [0.2, 0.25) is 0 Å². The highest BCUT2D eigenvalue weighted by molar-refractivity contribution is 14.1. The molecular formula is C7H4BrF2I. The van der Waals surface area contributed by atoms with E-state index in [9.17, 15) is 8.78 Å². The van der Waals surface area contributed by atoms with E-state index in [-0.39, 0.29) is 5.56 Å². The topological polar surface area (TPSA) is 0 Å². The van der Waals surface area contributed by atoms with Gasteiger partial charge in [-0.2, -0.15) is 0 Å². The number of hydrogen-bond acceptors (Lipinski definition) is 0. The second kappa shape index (κ2) is 3.80. The smallest absolute Gasteiger partial charge is 0.205 e. The highest BCUT2D eigenvalue weighted by Gasteiger charge is 2.14. The molecule has 0 saturated heterocycles. The molecule has 0 radical (unpaired) electrons. The van der Waals surface area contributed by atoms with Crippen LogP contribution in [0, 0.1) is 3.57 Å². The summed E-state index contributed by atoms with van der Waals surface area (Å²) in [4.78, 5) is 0. The molecule has 0 aliphatic heterocycles. The minimum Gasteiger partial charge on any atom is -0.205 e. The maximum Gasteiger partial charge on any atom is 0.265 e. The van der Waals surface area contributed by atoms with Crippen LogP contribution in [0.5, 0.6) is 0 Å². The fraction of sp³-hybridized carbons (Fsp3) is 0.143. The van der Waals surface area contributed by atoms with Crippen molar-refractivity contribution in [3.8, 4) is 0 Å². The Morgan fingerprint density at radius 3 is 2.36 bits per heavy atom. The fourth-order valence-corrected chi connectivity index (χ4v) is 2.36. The van der Waals surface area contributed by atoms with E-state index >= 15 is 0 Å². The van der Waals surface area contributed by atoms with E-state index in [1.165, 1.54) is 0 Å². The largest absolute Gasteiger partial charge is 0.265 e. The van der Waals surface area contributed by atoms with Crippen molar-refractivity contribution in [2.75, 3.05) is 0 Å². The standard InChI is InChI=1S/C7H4BrF2I/c8-4-2-1-3-5(11)6(4)7(9)10/h1-3,7H. The molecule has 0 aliphatic carbocycles. The minimum atomic E-state index is -2.41. The van der Waals surface area contributed by atoms with Gasteiger partial charge in [0, 0.05) is 13.6 Å². The van der Waals surface area contributed by atoms with Gasteiger partial charge in [-0.25, -0.2) is 8.78 Å². The molecule has 0 nitrogen and oxygen atoms in total. The fourth-order valence-electron chi connectivity index (χ4n) is 0.719. The summed E-state index contributed by atoms with van der Waals surface area (Å²) < 4.78 is 25.6. The van der Waals surface area contributed by atoms with Crippen molar-refractivity contribution in [2.45, 2.75) is 6.43 Å². The van der Waals surface area contributed by atoms with Crippen molar-refractivity contribution < 1.29 is 8.78 Å². The lowest BCUT2D eigenvalue weighted by Crippen LogP contribution is -1.89. The van der Waals surface area contributed by atoms with Gasteiger partial charge in [-0.1, -0.05) is 22.0 Å². The van der Waals surface area contributed by atoms with Crippen molar-refractivity contribution in [3.05, 3.63) is 31.8 Å². The van der Waals surface area contributed by atoms with Gasteiger partial charge in [0.15, 0.2) is 0 Å². The van der Waals surface area contributed by atoms with Crippen LogP contribution in [-0.2, 0) is 0 Å². The highest BCUT2D eigenvalue weighted by Crippen LogP contribution is 2.30. The second-order valence-corrected chi connectivity index (χ2v) is 3.95. The minimum absolute atomic E-state index is 0.0769. The summed E-state index contributed by atoms with van der Waals surface area (Å²) in [6, 6.07) is 5.01. The highest BCUT2D eigenvalue weighted by atomic mass is 127. The van der Waals surface area contributed by atoms with E-state index < -0.39 is 6.43 Å². The van der Waals surface area contributed by atoms with Gasteiger partial charge < -0.3 is 0 Å². The summed E-state index contributed by atoms with van der Waals surface area (Å²) >= 11 is 4.95. The van der Waals surface area contributed by atoms with E-state index in [1.807, 2.05) is 22.6 Å². The Bertz CT molecular complexity index is 242. The maximum atomic E-state index is 12.3. The molecule has 11 heavy (non-hydrogen) atoms. The van der Waals surface area contributed by atoms with E-state index in [1.54, 1.807) is 18.2 Å². The van der Waals surface area contributed by atoms with Crippen LogP contribution in [0.15, 0.2) is 22.7 Å². The summed E-state index contributed by atoms with van der Waals surface area (Å²) in [6.45, 7) is 0. The van der Waals surface area contributed by atoms with Crippen LogP contribution in [0.1, 0.15) is 12.0 Å². The zero-order valence-electron chi connectivity index (χ0n) is 5.32. The molecule has 60 valence electrons. The molecule has 0 N–H and O–H groups in total. The lowest BCUT2D eigenvalue weighted by atomic mass is 10.2. The van der Waals surface area contributed by atoms with Crippen LogP contribution >= 0.6 is 38.5 Å². The molecule has 4 heteroatoms. The SMILES string of the molecule is FC(F)c1c(Br)cccc1I. The first-order valence-corrected chi connectivity index (χ1v) is 4.72. The van der Waals surface area contributed by atoms with Crippen LogP contribution < -0.4 is 0 Å². The maximum absolute atomic E-state index is 12.3. The Kier molecular flexibility index (Phi) is 3.24. The van der Waals surface area contributed by atoms with E-state index in [4.69, 9.17) is 0 Å². The van der Waals surface area contributed by atoms with Crippen molar-refractivity contribution in [2.24, 2.45) is 0 Å². The Balaban J connectivity index is 3.21. The van der Waals surface area contributed by atoms with Gasteiger partial charge in [0.2, 0.25) is 0 Å². The van der Waals surface area contributed by atoms with Crippen LogP contribution in [0.25, 0.3) is 0 Å². The molecule has 0 saturated carbocycles. The predicted octanol–water partition coefficient (Wildman–Crippen LogP) is 3.99. The van der Waals surface area contributed by atoms with Crippen molar-refractivity contribution in [1.82, 2.24) is 0 Å². The molecule has 0 spiro atoms. The average molecular weight is 333 g/mol. The number of rotatable bonds is 1. The molecule has 0 aliphatic rings. The molecule has 0 atom stereocenters. The Hall–Kier alpha value is 0.290. The average Bonchev–Trinajstić information content (AvgIpc) is 1.85. The van der Waals surface area contributed by atoms with Gasteiger partial charge in [-0.05, 0) is 34.7 Å². The molecule has 0 bridgehead atoms. The summed E-state index contributed by atoms with van der Waals surface area (Å²) in [6.07, 6.45) is -2.41. The Labute approximate surface area is 85.3 Å². The van der Waals surface area contributed by atoms with Crippen LogP contribution in [-0.4, -0.2) is 0 Å². The first-order valence-electron chi connectivity index (χ1n) is 2.85. The van der Waals surface area contributed by atoms with Crippen LogP contribution in [0.3, 0.4) is 0 Å². The molecule has 1 aromatic rings. The number of benzene rings is 1. The number of halogens is 4. The summed E-state index contributed by atoms with van der Waals surface area (Å²) in [5, 5.41) is 0. The van der Waals surface area contributed by atoms with E-state index in [0.29, 0.717) is 8.04 Å². The van der Waals surface area contributed by atoms with Gasteiger partial charge in [0.1, 0.15) is 0 Å². The molecule has 0 fully saturated rings. The normalized spacial score (nSPS) is 10.6. The summed E-state index contributed by atoms with van der Waals surface area (Å²) in [5.41, 5.74) is 0.0769. The van der Waals surface area contributed by atoms with Crippen LogP contribution in [0.4, 0.5) is 8.78 Å². The third-order valence-corrected chi connectivity index (χ3v) is 2.85. The quantitative estimate of drug-likeness (QED) is 0.682. The second-order valence-electron chi connectivity index (χ2n) is 1.94. The van der Waals surface area contributed by atoms with Gasteiger partial charge in [0.05, 0.1) is 0 Å². The van der Waals surface area contributed by atoms with Gasteiger partial charge in [0.25, 0.3) is 6.43 Å². The van der Waals surface area contributed by atoms with Gasteiger partial charge in [-0.15, -0.1) is 0 Å². The molecule has 0 unspecified atom stereocenters. The predicted molar refractivity (Wildman–Crippen MR) is 51.8 cm³/mol. The monoisotopic (exact) mass is 332 g/mol.